The maximum atomic E-state index is 5.57. The number of nitrogens with zero attached hydrogens (tertiary/aromatic N) is 2. The number of nitrogens with one attached hydrogen (secondary N) is 1. The molecule has 0 aliphatic rings. The zero-order valence-electron chi connectivity index (χ0n) is 10.8. The summed E-state index contributed by atoms with van der Waals surface area (Å²) in [6.45, 7) is 5.21. The molecule has 0 unspecified atom stereocenters. The molecule has 0 amide bonds. The molecule has 0 bridgehead atoms. The van der Waals surface area contributed by atoms with Gasteiger partial charge in [0, 0.05) is 19.3 Å². The lowest BCUT2D eigenvalue weighted by Crippen LogP contribution is -2.05. The molecule has 0 saturated carbocycles. The normalized spacial score (nSPS) is 10.4. The van der Waals surface area contributed by atoms with E-state index in [1.807, 2.05) is 26.0 Å². The number of aryl methyl sites for hydroxylation is 2. The number of hydrogen-bond acceptors (Lipinski definition) is 4. The molecular weight excluding hydrogens is 224 g/mol. The van der Waals surface area contributed by atoms with E-state index in [1.165, 1.54) is 5.56 Å². The molecule has 1 heterocycles. The smallest absolute Gasteiger partial charge is 0.148 e. The molecule has 4 heteroatoms. The summed E-state index contributed by atoms with van der Waals surface area (Å²) in [7, 11) is 0. The number of benzene rings is 1. The van der Waals surface area contributed by atoms with Crippen molar-refractivity contribution < 1.29 is 0 Å². The fourth-order valence-electron chi connectivity index (χ4n) is 1.68. The van der Waals surface area contributed by atoms with E-state index in [1.54, 1.807) is 6.20 Å². The molecule has 1 aromatic heterocycles. The Balaban J connectivity index is 2.04. The van der Waals surface area contributed by atoms with E-state index in [0.717, 1.165) is 29.3 Å². The summed E-state index contributed by atoms with van der Waals surface area (Å²) in [5.41, 5.74) is 9.75. The summed E-state index contributed by atoms with van der Waals surface area (Å²) in [4.78, 5) is 8.70. The molecule has 4 nitrogen and oxygen atoms in total. The average Bonchev–Trinajstić information content (AvgIpc) is 2.40. The van der Waals surface area contributed by atoms with Gasteiger partial charge in [0.2, 0.25) is 0 Å². The zero-order chi connectivity index (χ0) is 13.0. The van der Waals surface area contributed by atoms with Crippen molar-refractivity contribution in [3.63, 3.8) is 0 Å². The fraction of sp³-hybridized carbons (Fsp3) is 0.286. The fourth-order valence-corrected chi connectivity index (χ4v) is 1.68. The lowest BCUT2D eigenvalue weighted by Gasteiger charge is -2.09. The van der Waals surface area contributed by atoms with E-state index in [4.69, 9.17) is 5.73 Å². The summed E-state index contributed by atoms with van der Waals surface area (Å²) in [5, 5.41) is 3.30. The summed E-state index contributed by atoms with van der Waals surface area (Å²) in [6, 6.07) is 8.25. The molecule has 0 aliphatic carbocycles. The summed E-state index contributed by atoms with van der Waals surface area (Å²) in [6.07, 6.45) is 1.77. The van der Waals surface area contributed by atoms with Gasteiger partial charge in [-0.15, -0.1) is 0 Å². The van der Waals surface area contributed by atoms with E-state index in [9.17, 15) is 0 Å². The molecular formula is C14H18N4. The highest BCUT2D eigenvalue weighted by atomic mass is 15.0. The third kappa shape index (κ3) is 3.05. The average molecular weight is 242 g/mol. The Morgan fingerprint density at radius 2 is 1.78 bits per heavy atom. The van der Waals surface area contributed by atoms with Gasteiger partial charge in [-0.1, -0.05) is 24.3 Å². The van der Waals surface area contributed by atoms with Gasteiger partial charge in [-0.2, -0.15) is 0 Å². The zero-order valence-corrected chi connectivity index (χ0v) is 10.8. The Morgan fingerprint density at radius 3 is 2.44 bits per heavy atom. The minimum Gasteiger partial charge on any atom is -0.364 e. The molecule has 0 radical (unpaired) electrons. The van der Waals surface area contributed by atoms with Crippen molar-refractivity contribution >= 4 is 5.82 Å². The van der Waals surface area contributed by atoms with Gasteiger partial charge in [0.25, 0.3) is 0 Å². The van der Waals surface area contributed by atoms with Crippen LogP contribution in [0.1, 0.15) is 22.5 Å². The topological polar surface area (TPSA) is 63.8 Å². The number of hydrogen-bond donors (Lipinski definition) is 2. The standard InChI is InChI=1S/C14H18N4/c1-10-8-16-11(2)14(18-10)17-9-13-5-3-12(7-15)4-6-13/h3-6,8H,7,9,15H2,1-2H3,(H,17,18). The summed E-state index contributed by atoms with van der Waals surface area (Å²) < 4.78 is 0. The molecule has 0 aliphatic heterocycles. The van der Waals surface area contributed by atoms with Crippen LogP contribution >= 0.6 is 0 Å². The van der Waals surface area contributed by atoms with Gasteiger partial charge in [-0.25, -0.2) is 4.98 Å². The second-order valence-corrected chi connectivity index (χ2v) is 4.32. The summed E-state index contributed by atoms with van der Waals surface area (Å²) >= 11 is 0. The molecule has 3 N–H and O–H groups in total. The number of rotatable bonds is 4. The van der Waals surface area contributed by atoms with Crippen molar-refractivity contribution in [3.8, 4) is 0 Å². The van der Waals surface area contributed by atoms with Crippen LogP contribution in [0.25, 0.3) is 0 Å². The van der Waals surface area contributed by atoms with Gasteiger partial charge in [0.15, 0.2) is 0 Å². The van der Waals surface area contributed by atoms with Crippen LogP contribution < -0.4 is 11.1 Å². The van der Waals surface area contributed by atoms with Crippen LogP contribution in [0.2, 0.25) is 0 Å². The molecule has 2 rings (SSSR count). The highest BCUT2D eigenvalue weighted by Gasteiger charge is 2.01. The van der Waals surface area contributed by atoms with E-state index >= 15 is 0 Å². The molecule has 1 aromatic carbocycles. The van der Waals surface area contributed by atoms with Crippen LogP contribution in [0.15, 0.2) is 30.5 Å². The Morgan fingerprint density at radius 1 is 1.11 bits per heavy atom. The van der Waals surface area contributed by atoms with Crippen molar-refractivity contribution in [1.29, 1.82) is 0 Å². The number of nitrogens with two attached hydrogens (primary N) is 1. The summed E-state index contributed by atoms with van der Waals surface area (Å²) in [5.74, 6) is 0.845. The highest BCUT2D eigenvalue weighted by molar-refractivity contribution is 5.40. The first-order chi connectivity index (χ1) is 8.69. The third-order valence-corrected chi connectivity index (χ3v) is 2.79. The highest BCUT2D eigenvalue weighted by Crippen LogP contribution is 2.11. The van der Waals surface area contributed by atoms with Gasteiger partial charge in [0.1, 0.15) is 5.82 Å². The minimum absolute atomic E-state index is 0.580. The molecule has 2 aromatic rings. The van der Waals surface area contributed by atoms with Crippen molar-refractivity contribution in [2.45, 2.75) is 26.9 Å². The minimum atomic E-state index is 0.580. The quantitative estimate of drug-likeness (QED) is 0.862. The van der Waals surface area contributed by atoms with E-state index < -0.39 is 0 Å². The van der Waals surface area contributed by atoms with Crippen molar-refractivity contribution in [2.75, 3.05) is 5.32 Å². The van der Waals surface area contributed by atoms with Gasteiger partial charge >= 0.3 is 0 Å². The second kappa shape index (κ2) is 5.60. The maximum Gasteiger partial charge on any atom is 0.148 e. The van der Waals surface area contributed by atoms with Crippen LogP contribution in [0, 0.1) is 13.8 Å². The maximum absolute atomic E-state index is 5.57. The first kappa shape index (κ1) is 12.5. The predicted octanol–water partition coefficient (Wildman–Crippen LogP) is 2.16. The van der Waals surface area contributed by atoms with Crippen molar-refractivity contribution in [2.24, 2.45) is 5.73 Å². The van der Waals surface area contributed by atoms with Gasteiger partial charge in [-0.3, -0.25) is 4.98 Å². The molecule has 0 atom stereocenters. The molecule has 0 saturated heterocycles. The Hall–Kier alpha value is -1.94. The largest absolute Gasteiger partial charge is 0.364 e. The Bertz CT molecular complexity index is 520. The number of anilines is 1. The van der Waals surface area contributed by atoms with E-state index in [2.05, 4.69) is 27.4 Å². The van der Waals surface area contributed by atoms with Gasteiger partial charge in [0.05, 0.1) is 11.4 Å². The van der Waals surface area contributed by atoms with E-state index in [-0.39, 0.29) is 0 Å². The molecule has 0 fully saturated rings. The van der Waals surface area contributed by atoms with Crippen molar-refractivity contribution in [1.82, 2.24) is 9.97 Å². The van der Waals surface area contributed by atoms with Crippen LogP contribution in [-0.4, -0.2) is 9.97 Å². The Kier molecular flexibility index (Phi) is 3.89. The Labute approximate surface area is 107 Å². The monoisotopic (exact) mass is 242 g/mol. The third-order valence-electron chi connectivity index (χ3n) is 2.79. The first-order valence-corrected chi connectivity index (χ1v) is 6.01. The van der Waals surface area contributed by atoms with Crippen LogP contribution in [0.3, 0.4) is 0 Å². The molecule has 18 heavy (non-hydrogen) atoms. The molecule has 94 valence electrons. The number of aromatic nitrogens is 2. The predicted molar refractivity (Wildman–Crippen MR) is 73.2 cm³/mol. The van der Waals surface area contributed by atoms with Crippen LogP contribution in [0.4, 0.5) is 5.82 Å². The van der Waals surface area contributed by atoms with Gasteiger partial charge in [-0.05, 0) is 25.0 Å². The SMILES string of the molecule is Cc1cnc(C)c(NCc2ccc(CN)cc2)n1. The van der Waals surface area contributed by atoms with Crippen molar-refractivity contribution in [3.05, 3.63) is 53.0 Å². The van der Waals surface area contributed by atoms with E-state index in [0.29, 0.717) is 6.54 Å². The lowest BCUT2D eigenvalue weighted by atomic mass is 10.1. The van der Waals surface area contributed by atoms with Gasteiger partial charge < -0.3 is 11.1 Å². The lowest BCUT2D eigenvalue weighted by molar-refractivity contribution is 1.01. The second-order valence-electron chi connectivity index (χ2n) is 4.32. The first-order valence-electron chi connectivity index (χ1n) is 6.01. The molecule has 0 spiro atoms. The van der Waals surface area contributed by atoms with Crippen LogP contribution in [0.5, 0.6) is 0 Å². The van der Waals surface area contributed by atoms with Crippen LogP contribution in [-0.2, 0) is 13.1 Å².